The molecule has 0 fully saturated rings. The Balaban J connectivity index is 3.25. The van der Waals surface area contributed by atoms with Crippen LogP contribution < -0.4 is 11.5 Å². The molecule has 0 saturated carbocycles. The average molecular weight is 164 g/mol. The minimum Gasteiger partial charge on any atom is -0.326 e. The standard InChI is InChI=1S/C10H16N2/c1-7-3-4-9(5-11)10(6-12)8(7)2/h3-4H,5-6,11-12H2,1-2H3. The molecule has 0 heterocycles. The van der Waals surface area contributed by atoms with Gasteiger partial charge in [-0.2, -0.15) is 0 Å². The normalized spacial score (nSPS) is 10.3. The fourth-order valence-electron chi connectivity index (χ4n) is 1.41. The monoisotopic (exact) mass is 164 g/mol. The van der Waals surface area contributed by atoms with Crippen molar-refractivity contribution >= 4 is 0 Å². The number of hydrogen-bond acceptors (Lipinski definition) is 2. The van der Waals surface area contributed by atoms with E-state index in [1.807, 2.05) is 0 Å². The third kappa shape index (κ3) is 1.49. The van der Waals surface area contributed by atoms with E-state index >= 15 is 0 Å². The Labute approximate surface area is 73.6 Å². The number of rotatable bonds is 2. The van der Waals surface area contributed by atoms with Crippen molar-refractivity contribution in [2.45, 2.75) is 26.9 Å². The molecule has 2 nitrogen and oxygen atoms in total. The Hall–Kier alpha value is -0.860. The van der Waals surface area contributed by atoms with Crippen molar-refractivity contribution in [3.8, 4) is 0 Å². The van der Waals surface area contributed by atoms with Crippen molar-refractivity contribution in [3.05, 3.63) is 34.4 Å². The van der Waals surface area contributed by atoms with Crippen LogP contribution >= 0.6 is 0 Å². The largest absolute Gasteiger partial charge is 0.326 e. The van der Waals surface area contributed by atoms with Crippen molar-refractivity contribution in [3.63, 3.8) is 0 Å². The Kier molecular flexibility index (Phi) is 2.84. The van der Waals surface area contributed by atoms with Gasteiger partial charge in [0.15, 0.2) is 0 Å². The molecule has 4 N–H and O–H groups in total. The summed E-state index contributed by atoms with van der Waals surface area (Å²) >= 11 is 0. The topological polar surface area (TPSA) is 52.0 Å². The first-order valence-corrected chi connectivity index (χ1v) is 4.18. The van der Waals surface area contributed by atoms with Gasteiger partial charge in [0.05, 0.1) is 0 Å². The molecule has 0 aliphatic carbocycles. The first kappa shape index (κ1) is 9.23. The van der Waals surface area contributed by atoms with E-state index in [4.69, 9.17) is 11.5 Å². The molecular formula is C10H16N2. The fourth-order valence-corrected chi connectivity index (χ4v) is 1.41. The van der Waals surface area contributed by atoms with E-state index in [2.05, 4.69) is 26.0 Å². The summed E-state index contributed by atoms with van der Waals surface area (Å²) < 4.78 is 0. The van der Waals surface area contributed by atoms with Crippen molar-refractivity contribution in [1.82, 2.24) is 0 Å². The van der Waals surface area contributed by atoms with E-state index in [-0.39, 0.29) is 0 Å². The third-order valence-corrected chi connectivity index (χ3v) is 2.39. The van der Waals surface area contributed by atoms with E-state index in [0.717, 1.165) is 0 Å². The van der Waals surface area contributed by atoms with Crippen LogP contribution in [-0.4, -0.2) is 0 Å². The van der Waals surface area contributed by atoms with E-state index < -0.39 is 0 Å². The lowest BCUT2D eigenvalue weighted by Gasteiger charge is -2.11. The van der Waals surface area contributed by atoms with Crippen LogP contribution in [0, 0.1) is 13.8 Å². The molecule has 1 aromatic carbocycles. The summed E-state index contributed by atoms with van der Waals surface area (Å²) in [5.74, 6) is 0. The number of hydrogen-bond donors (Lipinski definition) is 2. The molecule has 12 heavy (non-hydrogen) atoms. The van der Waals surface area contributed by atoms with Crippen LogP contribution in [0.5, 0.6) is 0 Å². The summed E-state index contributed by atoms with van der Waals surface area (Å²) in [4.78, 5) is 0. The van der Waals surface area contributed by atoms with Gasteiger partial charge in [0, 0.05) is 13.1 Å². The van der Waals surface area contributed by atoms with Gasteiger partial charge in [-0.05, 0) is 36.1 Å². The highest BCUT2D eigenvalue weighted by atomic mass is 14.6. The first-order valence-electron chi connectivity index (χ1n) is 4.18. The van der Waals surface area contributed by atoms with Crippen molar-refractivity contribution in [1.29, 1.82) is 0 Å². The Morgan fingerprint density at radius 3 is 2.25 bits per heavy atom. The quantitative estimate of drug-likeness (QED) is 0.690. The summed E-state index contributed by atoms with van der Waals surface area (Å²) in [6, 6.07) is 4.15. The van der Waals surface area contributed by atoms with Crippen molar-refractivity contribution < 1.29 is 0 Å². The zero-order chi connectivity index (χ0) is 9.14. The Morgan fingerprint density at radius 2 is 1.75 bits per heavy atom. The summed E-state index contributed by atoms with van der Waals surface area (Å²) in [6.07, 6.45) is 0. The van der Waals surface area contributed by atoms with Crippen LogP contribution in [0.3, 0.4) is 0 Å². The zero-order valence-corrected chi connectivity index (χ0v) is 7.72. The van der Waals surface area contributed by atoms with E-state index in [1.165, 1.54) is 22.3 Å². The lowest BCUT2D eigenvalue weighted by Crippen LogP contribution is -2.08. The second-order valence-electron chi connectivity index (χ2n) is 3.05. The second-order valence-corrected chi connectivity index (χ2v) is 3.05. The predicted octanol–water partition coefficient (Wildman–Crippen LogP) is 1.22. The van der Waals surface area contributed by atoms with E-state index in [1.54, 1.807) is 0 Å². The summed E-state index contributed by atoms with van der Waals surface area (Å²) in [7, 11) is 0. The van der Waals surface area contributed by atoms with Crippen LogP contribution in [0.4, 0.5) is 0 Å². The molecule has 0 unspecified atom stereocenters. The van der Waals surface area contributed by atoms with Crippen LogP contribution in [0.25, 0.3) is 0 Å². The Morgan fingerprint density at radius 1 is 1.08 bits per heavy atom. The fraction of sp³-hybridized carbons (Fsp3) is 0.400. The molecule has 0 bridgehead atoms. The maximum Gasteiger partial charge on any atom is 0.0184 e. The molecule has 0 saturated heterocycles. The number of nitrogens with two attached hydrogens (primary N) is 2. The highest BCUT2D eigenvalue weighted by molar-refractivity contribution is 5.39. The van der Waals surface area contributed by atoms with E-state index in [9.17, 15) is 0 Å². The molecular weight excluding hydrogens is 148 g/mol. The van der Waals surface area contributed by atoms with Crippen LogP contribution in [0.15, 0.2) is 12.1 Å². The summed E-state index contributed by atoms with van der Waals surface area (Å²) in [6.45, 7) is 5.35. The smallest absolute Gasteiger partial charge is 0.0184 e. The lowest BCUT2D eigenvalue weighted by molar-refractivity contribution is 0.959. The minimum atomic E-state index is 0.577. The molecule has 0 aliphatic heterocycles. The SMILES string of the molecule is Cc1ccc(CN)c(CN)c1C. The number of aryl methyl sites for hydroxylation is 1. The summed E-state index contributed by atoms with van der Waals surface area (Å²) in [5, 5.41) is 0. The van der Waals surface area contributed by atoms with Crippen LogP contribution in [-0.2, 0) is 13.1 Å². The minimum absolute atomic E-state index is 0.577. The van der Waals surface area contributed by atoms with Crippen molar-refractivity contribution in [2.75, 3.05) is 0 Å². The van der Waals surface area contributed by atoms with Gasteiger partial charge in [-0.25, -0.2) is 0 Å². The molecule has 2 heteroatoms. The third-order valence-electron chi connectivity index (χ3n) is 2.39. The van der Waals surface area contributed by atoms with Gasteiger partial charge in [-0.1, -0.05) is 12.1 Å². The van der Waals surface area contributed by atoms with Gasteiger partial charge < -0.3 is 11.5 Å². The zero-order valence-electron chi connectivity index (χ0n) is 7.72. The van der Waals surface area contributed by atoms with Gasteiger partial charge in [0.1, 0.15) is 0 Å². The van der Waals surface area contributed by atoms with Crippen LogP contribution in [0.1, 0.15) is 22.3 Å². The molecule has 0 aromatic heterocycles. The molecule has 0 aliphatic rings. The second kappa shape index (κ2) is 3.70. The molecule has 0 atom stereocenters. The lowest BCUT2D eigenvalue weighted by atomic mass is 9.98. The highest BCUT2D eigenvalue weighted by Gasteiger charge is 2.04. The van der Waals surface area contributed by atoms with Gasteiger partial charge in [0.25, 0.3) is 0 Å². The van der Waals surface area contributed by atoms with Gasteiger partial charge >= 0.3 is 0 Å². The van der Waals surface area contributed by atoms with Crippen molar-refractivity contribution in [2.24, 2.45) is 11.5 Å². The number of benzene rings is 1. The molecule has 0 spiro atoms. The van der Waals surface area contributed by atoms with Crippen LogP contribution in [0.2, 0.25) is 0 Å². The van der Waals surface area contributed by atoms with Gasteiger partial charge in [-0.3, -0.25) is 0 Å². The predicted molar refractivity (Wildman–Crippen MR) is 51.7 cm³/mol. The molecule has 66 valence electrons. The van der Waals surface area contributed by atoms with Gasteiger partial charge in [-0.15, -0.1) is 0 Å². The Bertz CT molecular complexity index is 279. The van der Waals surface area contributed by atoms with E-state index in [0.29, 0.717) is 13.1 Å². The maximum atomic E-state index is 5.64. The maximum absolute atomic E-state index is 5.64. The molecule has 0 radical (unpaired) electrons. The molecule has 1 aromatic rings. The first-order chi connectivity index (χ1) is 5.70. The van der Waals surface area contributed by atoms with Gasteiger partial charge in [0.2, 0.25) is 0 Å². The molecule has 0 amide bonds. The highest BCUT2D eigenvalue weighted by Crippen LogP contribution is 2.16. The average Bonchev–Trinajstić information content (AvgIpc) is 2.09. The molecule has 1 rings (SSSR count). The summed E-state index contributed by atoms with van der Waals surface area (Å²) in [5.41, 5.74) is 16.2.